The predicted octanol–water partition coefficient (Wildman–Crippen LogP) is 2.30. The zero-order valence-electron chi connectivity index (χ0n) is 9.30. The summed E-state index contributed by atoms with van der Waals surface area (Å²) in [5.74, 6) is 0.783. The van der Waals surface area contributed by atoms with Gasteiger partial charge in [0, 0.05) is 18.0 Å². The first-order valence-corrected chi connectivity index (χ1v) is 5.85. The van der Waals surface area contributed by atoms with Gasteiger partial charge in [0.05, 0.1) is 17.6 Å². The lowest BCUT2D eigenvalue weighted by Gasteiger charge is -2.13. The van der Waals surface area contributed by atoms with E-state index in [0.717, 1.165) is 21.3 Å². The molecule has 2 rings (SSSR count). The van der Waals surface area contributed by atoms with Crippen LogP contribution in [0.4, 0.5) is 0 Å². The largest absolute Gasteiger partial charge is 0.496 e. The Morgan fingerprint density at radius 1 is 1.24 bits per heavy atom. The van der Waals surface area contributed by atoms with E-state index in [2.05, 4.69) is 25.9 Å². The quantitative estimate of drug-likeness (QED) is 0.943. The molecule has 0 radical (unpaired) electrons. The molecular formula is C12H12BrN3O. The number of hydrogen-bond donors (Lipinski definition) is 1. The summed E-state index contributed by atoms with van der Waals surface area (Å²) in [6, 6.07) is 5.51. The van der Waals surface area contributed by atoms with E-state index in [0.29, 0.717) is 0 Å². The molecule has 5 heteroatoms. The van der Waals surface area contributed by atoms with Gasteiger partial charge in [-0.15, -0.1) is 0 Å². The van der Waals surface area contributed by atoms with E-state index in [1.54, 1.807) is 19.5 Å². The van der Waals surface area contributed by atoms with Crippen molar-refractivity contribution in [2.24, 2.45) is 5.73 Å². The normalized spacial score (nSPS) is 12.2. The molecule has 1 heterocycles. The third-order valence-corrected chi connectivity index (χ3v) is 3.09. The van der Waals surface area contributed by atoms with Crippen LogP contribution in [-0.2, 0) is 0 Å². The summed E-state index contributed by atoms with van der Waals surface area (Å²) in [6.07, 6.45) is 4.92. The number of nitrogens with zero attached hydrogens (tertiary/aromatic N) is 2. The Balaban J connectivity index is 2.32. The molecule has 1 atom stereocenters. The fourth-order valence-corrected chi connectivity index (χ4v) is 2.10. The molecule has 0 aliphatic heterocycles. The summed E-state index contributed by atoms with van der Waals surface area (Å²) in [6.45, 7) is 0. The molecule has 0 bridgehead atoms. The molecule has 0 spiro atoms. The number of aromatic nitrogens is 2. The van der Waals surface area contributed by atoms with Crippen molar-refractivity contribution in [3.63, 3.8) is 0 Å². The SMILES string of the molecule is COc1ccc(C(N)c2cncnc2)cc1Br. The number of hydrogen-bond acceptors (Lipinski definition) is 4. The van der Waals surface area contributed by atoms with Crippen LogP contribution in [0.1, 0.15) is 17.2 Å². The molecule has 1 aromatic heterocycles. The van der Waals surface area contributed by atoms with Crippen molar-refractivity contribution >= 4 is 15.9 Å². The Labute approximate surface area is 108 Å². The molecule has 1 unspecified atom stereocenters. The van der Waals surface area contributed by atoms with E-state index in [4.69, 9.17) is 10.5 Å². The first-order chi connectivity index (χ1) is 8.22. The highest BCUT2D eigenvalue weighted by Crippen LogP contribution is 2.29. The van der Waals surface area contributed by atoms with Crippen molar-refractivity contribution in [2.45, 2.75) is 6.04 Å². The van der Waals surface area contributed by atoms with Crippen LogP contribution in [0.3, 0.4) is 0 Å². The zero-order valence-corrected chi connectivity index (χ0v) is 10.9. The van der Waals surface area contributed by atoms with E-state index in [1.807, 2.05) is 18.2 Å². The van der Waals surface area contributed by atoms with Crippen LogP contribution in [0.2, 0.25) is 0 Å². The molecule has 0 saturated carbocycles. The van der Waals surface area contributed by atoms with Gasteiger partial charge in [-0.2, -0.15) is 0 Å². The summed E-state index contributed by atoms with van der Waals surface area (Å²) in [4.78, 5) is 7.92. The van der Waals surface area contributed by atoms with Gasteiger partial charge in [-0.1, -0.05) is 6.07 Å². The zero-order chi connectivity index (χ0) is 12.3. The number of benzene rings is 1. The first kappa shape index (κ1) is 12.0. The van der Waals surface area contributed by atoms with E-state index in [9.17, 15) is 0 Å². The lowest BCUT2D eigenvalue weighted by atomic mass is 10.0. The maximum absolute atomic E-state index is 6.14. The molecule has 4 nitrogen and oxygen atoms in total. The summed E-state index contributed by atoms with van der Waals surface area (Å²) in [5.41, 5.74) is 7.99. The Hall–Kier alpha value is -1.46. The van der Waals surface area contributed by atoms with E-state index in [1.165, 1.54) is 6.33 Å². The summed E-state index contributed by atoms with van der Waals surface area (Å²) in [7, 11) is 1.63. The Morgan fingerprint density at radius 2 is 1.94 bits per heavy atom. The van der Waals surface area contributed by atoms with Crippen molar-refractivity contribution in [3.05, 3.63) is 52.5 Å². The average Bonchev–Trinajstić information content (AvgIpc) is 2.39. The van der Waals surface area contributed by atoms with E-state index < -0.39 is 0 Å². The van der Waals surface area contributed by atoms with E-state index >= 15 is 0 Å². The van der Waals surface area contributed by atoms with Gasteiger partial charge in [0.1, 0.15) is 12.1 Å². The van der Waals surface area contributed by atoms with Crippen LogP contribution in [0, 0.1) is 0 Å². The van der Waals surface area contributed by atoms with Crippen LogP contribution in [0.25, 0.3) is 0 Å². The van der Waals surface area contributed by atoms with Gasteiger partial charge in [-0.05, 0) is 33.6 Å². The smallest absolute Gasteiger partial charge is 0.133 e. The highest BCUT2D eigenvalue weighted by atomic mass is 79.9. The van der Waals surface area contributed by atoms with Crippen LogP contribution in [0.15, 0.2) is 41.4 Å². The van der Waals surface area contributed by atoms with Crippen LogP contribution < -0.4 is 10.5 Å². The molecule has 2 N–H and O–H groups in total. The van der Waals surface area contributed by atoms with Gasteiger partial charge in [-0.3, -0.25) is 0 Å². The molecule has 0 amide bonds. The Kier molecular flexibility index (Phi) is 3.71. The monoisotopic (exact) mass is 293 g/mol. The number of rotatable bonds is 3. The third-order valence-electron chi connectivity index (χ3n) is 2.47. The average molecular weight is 294 g/mol. The molecule has 17 heavy (non-hydrogen) atoms. The summed E-state index contributed by atoms with van der Waals surface area (Å²) in [5, 5.41) is 0. The molecule has 1 aromatic carbocycles. The van der Waals surface area contributed by atoms with Crippen molar-refractivity contribution < 1.29 is 4.74 Å². The molecular weight excluding hydrogens is 282 g/mol. The van der Waals surface area contributed by atoms with Gasteiger partial charge < -0.3 is 10.5 Å². The van der Waals surface area contributed by atoms with E-state index in [-0.39, 0.29) is 6.04 Å². The second kappa shape index (κ2) is 5.25. The summed E-state index contributed by atoms with van der Waals surface area (Å²) < 4.78 is 6.05. The highest BCUT2D eigenvalue weighted by Gasteiger charge is 2.11. The van der Waals surface area contributed by atoms with Gasteiger partial charge in [-0.25, -0.2) is 9.97 Å². The molecule has 0 aliphatic rings. The highest BCUT2D eigenvalue weighted by molar-refractivity contribution is 9.10. The number of halogens is 1. The summed E-state index contributed by atoms with van der Waals surface area (Å²) >= 11 is 3.44. The number of nitrogens with two attached hydrogens (primary N) is 1. The predicted molar refractivity (Wildman–Crippen MR) is 68.8 cm³/mol. The molecule has 0 fully saturated rings. The maximum atomic E-state index is 6.14. The van der Waals surface area contributed by atoms with Gasteiger partial charge in [0.2, 0.25) is 0 Å². The molecule has 0 saturated heterocycles. The second-order valence-electron chi connectivity index (χ2n) is 3.54. The van der Waals surface area contributed by atoms with Gasteiger partial charge >= 0.3 is 0 Å². The lowest BCUT2D eigenvalue weighted by molar-refractivity contribution is 0.412. The number of ether oxygens (including phenoxy) is 1. The van der Waals surface area contributed by atoms with Crippen molar-refractivity contribution in [3.8, 4) is 5.75 Å². The Morgan fingerprint density at radius 3 is 2.53 bits per heavy atom. The molecule has 88 valence electrons. The fraction of sp³-hybridized carbons (Fsp3) is 0.167. The minimum absolute atomic E-state index is 0.238. The minimum atomic E-state index is -0.238. The van der Waals surface area contributed by atoms with Crippen LogP contribution in [0.5, 0.6) is 5.75 Å². The Bertz CT molecular complexity index is 504. The fourth-order valence-electron chi connectivity index (χ4n) is 1.54. The van der Waals surface area contributed by atoms with Crippen LogP contribution in [-0.4, -0.2) is 17.1 Å². The standard InChI is InChI=1S/C12H12BrN3O/c1-17-11-3-2-8(4-10(11)13)12(14)9-5-15-7-16-6-9/h2-7,12H,14H2,1H3. The molecule has 2 aromatic rings. The number of methoxy groups -OCH3 is 1. The minimum Gasteiger partial charge on any atom is -0.496 e. The van der Waals surface area contributed by atoms with Crippen molar-refractivity contribution in [2.75, 3.05) is 7.11 Å². The second-order valence-corrected chi connectivity index (χ2v) is 4.40. The lowest BCUT2D eigenvalue weighted by Crippen LogP contribution is -2.12. The first-order valence-electron chi connectivity index (χ1n) is 5.06. The van der Waals surface area contributed by atoms with Gasteiger partial charge in [0.25, 0.3) is 0 Å². The van der Waals surface area contributed by atoms with Crippen molar-refractivity contribution in [1.82, 2.24) is 9.97 Å². The maximum Gasteiger partial charge on any atom is 0.133 e. The third kappa shape index (κ3) is 2.62. The molecule has 0 aliphatic carbocycles. The van der Waals surface area contributed by atoms with Crippen molar-refractivity contribution in [1.29, 1.82) is 0 Å². The van der Waals surface area contributed by atoms with Crippen LogP contribution >= 0.6 is 15.9 Å². The van der Waals surface area contributed by atoms with Gasteiger partial charge in [0.15, 0.2) is 0 Å². The topological polar surface area (TPSA) is 61.0 Å².